The van der Waals surface area contributed by atoms with Gasteiger partial charge in [-0.15, -0.1) is 0 Å². The van der Waals surface area contributed by atoms with Gasteiger partial charge in [0.05, 0.1) is 5.56 Å². The van der Waals surface area contributed by atoms with Crippen molar-refractivity contribution in [2.45, 2.75) is 51.5 Å². The van der Waals surface area contributed by atoms with Gasteiger partial charge >= 0.3 is 12.1 Å². The van der Waals surface area contributed by atoms with Crippen LogP contribution in [0.3, 0.4) is 0 Å². The first kappa shape index (κ1) is 21.4. The van der Waals surface area contributed by atoms with Crippen LogP contribution in [-0.4, -0.2) is 46.3 Å². The molecule has 2 heterocycles. The van der Waals surface area contributed by atoms with Gasteiger partial charge in [-0.3, -0.25) is 4.79 Å². The second-order valence-electron chi connectivity index (χ2n) is 7.38. The minimum Gasteiger partial charge on any atom is -0.480 e. The number of carboxylic acid groups (broad SMARTS) is 1. The summed E-state index contributed by atoms with van der Waals surface area (Å²) in [5.41, 5.74) is -2.21. The van der Waals surface area contributed by atoms with Crippen molar-refractivity contribution in [3.8, 4) is 0 Å². The van der Waals surface area contributed by atoms with E-state index < -0.39 is 35.5 Å². The highest BCUT2D eigenvalue weighted by Gasteiger charge is 2.35. The summed E-state index contributed by atoms with van der Waals surface area (Å²) in [7, 11) is 0. The summed E-state index contributed by atoms with van der Waals surface area (Å²) >= 11 is 0. The third-order valence-electron chi connectivity index (χ3n) is 4.70. The van der Waals surface area contributed by atoms with Gasteiger partial charge in [0, 0.05) is 31.9 Å². The van der Waals surface area contributed by atoms with Crippen molar-refractivity contribution < 1.29 is 27.5 Å². The number of rotatable bonds is 7. The van der Waals surface area contributed by atoms with E-state index >= 15 is 0 Å². The lowest BCUT2D eigenvalue weighted by Crippen LogP contribution is -2.33. The van der Waals surface area contributed by atoms with Gasteiger partial charge in [0.15, 0.2) is 0 Å². The van der Waals surface area contributed by atoms with Crippen molar-refractivity contribution in [3.05, 3.63) is 33.7 Å². The molecule has 27 heavy (non-hydrogen) atoms. The Labute approximate surface area is 154 Å². The minimum absolute atomic E-state index is 0.0458. The maximum absolute atomic E-state index is 13.4. The zero-order valence-corrected chi connectivity index (χ0v) is 15.3. The molecule has 1 fully saturated rings. The third kappa shape index (κ3) is 5.54. The molecule has 5 nitrogen and oxygen atoms in total. The second kappa shape index (κ2) is 8.41. The summed E-state index contributed by atoms with van der Waals surface area (Å²) < 4.78 is 54.2. The van der Waals surface area contributed by atoms with Gasteiger partial charge < -0.3 is 14.6 Å². The van der Waals surface area contributed by atoms with E-state index in [0.29, 0.717) is 19.0 Å². The third-order valence-corrected chi connectivity index (χ3v) is 4.70. The number of alkyl halides is 4. The molecule has 2 atom stereocenters. The van der Waals surface area contributed by atoms with Gasteiger partial charge in [-0.1, -0.05) is 13.8 Å². The molecule has 152 valence electrons. The van der Waals surface area contributed by atoms with Crippen LogP contribution in [-0.2, 0) is 17.4 Å². The average Bonchev–Trinajstić information content (AvgIpc) is 2.95. The molecule has 9 heteroatoms. The SMILES string of the molecule is CC(C)CC(C(=O)O)n1cc(CCN2CC[C@H](F)C2)c(C(F)(F)F)cc1=O. The molecule has 0 aliphatic carbocycles. The highest BCUT2D eigenvalue weighted by molar-refractivity contribution is 5.71. The van der Waals surface area contributed by atoms with Crippen LogP contribution in [0, 0.1) is 5.92 Å². The van der Waals surface area contributed by atoms with Gasteiger partial charge in [-0.05, 0) is 30.7 Å². The van der Waals surface area contributed by atoms with E-state index in [-0.39, 0.29) is 37.4 Å². The molecule has 1 unspecified atom stereocenters. The largest absolute Gasteiger partial charge is 0.480 e. The normalized spacial score (nSPS) is 19.6. The van der Waals surface area contributed by atoms with Crippen LogP contribution in [0.4, 0.5) is 17.6 Å². The van der Waals surface area contributed by atoms with Gasteiger partial charge in [-0.25, -0.2) is 9.18 Å². The van der Waals surface area contributed by atoms with Gasteiger partial charge in [0.1, 0.15) is 12.2 Å². The first-order valence-corrected chi connectivity index (χ1v) is 8.90. The van der Waals surface area contributed by atoms with Gasteiger partial charge in [-0.2, -0.15) is 13.2 Å². The topological polar surface area (TPSA) is 62.5 Å². The molecular weight excluding hydrogens is 368 g/mol. The van der Waals surface area contributed by atoms with Crippen molar-refractivity contribution in [1.82, 2.24) is 9.47 Å². The fourth-order valence-electron chi connectivity index (χ4n) is 3.35. The number of hydrogen-bond donors (Lipinski definition) is 1. The van der Waals surface area contributed by atoms with E-state index in [2.05, 4.69) is 0 Å². The number of carbonyl (C=O) groups is 1. The molecule has 1 N–H and O–H groups in total. The summed E-state index contributed by atoms with van der Waals surface area (Å²) in [5, 5.41) is 9.42. The molecule has 1 aliphatic heterocycles. The summed E-state index contributed by atoms with van der Waals surface area (Å²) in [6.07, 6.45) is -4.27. The highest BCUT2D eigenvalue weighted by atomic mass is 19.4. The minimum atomic E-state index is -4.72. The van der Waals surface area contributed by atoms with Crippen molar-refractivity contribution in [3.63, 3.8) is 0 Å². The molecule has 0 bridgehead atoms. The van der Waals surface area contributed by atoms with Gasteiger partial charge in [0.25, 0.3) is 5.56 Å². The van der Waals surface area contributed by atoms with E-state index in [4.69, 9.17) is 0 Å². The number of carboxylic acids is 1. The van der Waals surface area contributed by atoms with E-state index in [1.807, 2.05) is 0 Å². The fourth-order valence-corrected chi connectivity index (χ4v) is 3.35. The van der Waals surface area contributed by atoms with E-state index in [9.17, 15) is 32.3 Å². The predicted octanol–water partition coefficient (Wildman–Crippen LogP) is 3.13. The number of halogens is 4. The fraction of sp³-hybridized carbons (Fsp3) is 0.667. The zero-order valence-electron chi connectivity index (χ0n) is 15.3. The lowest BCUT2D eigenvalue weighted by Gasteiger charge is -2.22. The molecule has 0 aromatic carbocycles. The average molecular weight is 392 g/mol. The number of likely N-dealkylation sites (tertiary alicyclic amines) is 1. The van der Waals surface area contributed by atoms with Crippen molar-refractivity contribution in [2.75, 3.05) is 19.6 Å². The molecule has 1 aromatic rings. The van der Waals surface area contributed by atoms with Gasteiger partial charge in [0.2, 0.25) is 0 Å². The van der Waals surface area contributed by atoms with Crippen LogP contribution in [0.25, 0.3) is 0 Å². The Morgan fingerprint density at radius 1 is 1.37 bits per heavy atom. The lowest BCUT2D eigenvalue weighted by molar-refractivity contribution is -0.141. The molecule has 2 rings (SSSR count). The molecule has 0 amide bonds. The Hall–Kier alpha value is -1.90. The van der Waals surface area contributed by atoms with Crippen LogP contribution >= 0.6 is 0 Å². The maximum Gasteiger partial charge on any atom is 0.416 e. The summed E-state index contributed by atoms with van der Waals surface area (Å²) in [4.78, 5) is 25.5. The first-order valence-electron chi connectivity index (χ1n) is 8.90. The molecule has 1 saturated heterocycles. The Kier molecular flexibility index (Phi) is 6.67. The van der Waals surface area contributed by atoms with Crippen molar-refractivity contribution >= 4 is 5.97 Å². The number of pyridine rings is 1. The van der Waals surface area contributed by atoms with Crippen LogP contribution in [0.1, 0.15) is 43.9 Å². The van der Waals surface area contributed by atoms with Crippen LogP contribution in [0.5, 0.6) is 0 Å². The second-order valence-corrected chi connectivity index (χ2v) is 7.38. The van der Waals surface area contributed by atoms with E-state index in [1.54, 1.807) is 18.7 Å². The lowest BCUT2D eigenvalue weighted by atomic mass is 10.0. The zero-order chi connectivity index (χ0) is 20.4. The summed E-state index contributed by atoms with van der Waals surface area (Å²) in [6.45, 7) is 4.39. The van der Waals surface area contributed by atoms with E-state index in [0.717, 1.165) is 10.8 Å². The number of aromatic nitrogens is 1. The molecule has 0 radical (unpaired) electrons. The quantitative estimate of drug-likeness (QED) is 0.725. The van der Waals surface area contributed by atoms with Crippen LogP contribution < -0.4 is 5.56 Å². The van der Waals surface area contributed by atoms with Crippen LogP contribution in [0.2, 0.25) is 0 Å². The monoisotopic (exact) mass is 392 g/mol. The van der Waals surface area contributed by atoms with Crippen molar-refractivity contribution in [1.29, 1.82) is 0 Å². The van der Waals surface area contributed by atoms with E-state index in [1.165, 1.54) is 0 Å². The number of nitrogens with zero attached hydrogens (tertiary/aromatic N) is 2. The molecule has 1 aromatic heterocycles. The number of aliphatic carboxylic acids is 1. The Bertz CT molecular complexity index is 730. The Morgan fingerprint density at radius 3 is 2.52 bits per heavy atom. The smallest absolute Gasteiger partial charge is 0.416 e. The summed E-state index contributed by atoms with van der Waals surface area (Å²) in [5.74, 6) is -1.33. The maximum atomic E-state index is 13.4. The highest BCUT2D eigenvalue weighted by Crippen LogP contribution is 2.32. The van der Waals surface area contributed by atoms with Crippen molar-refractivity contribution in [2.24, 2.45) is 5.92 Å². The molecule has 0 spiro atoms. The van der Waals surface area contributed by atoms with Crippen LogP contribution in [0.15, 0.2) is 17.1 Å². The molecule has 1 aliphatic rings. The molecule has 0 saturated carbocycles. The summed E-state index contributed by atoms with van der Waals surface area (Å²) in [6, 6.07) is -0.770. The Balaban J connectivity index is 2.38. The predicted molar refractivity (Wildman–Crippen MR) is 91.5 cm³/mol. The Morgan fingerprint density at radius 2 is 2.04 bits per heavy atom. The first-order chi connectivity index (χ1) is 12.5. The standard InChI is InChI=1S/C18H24F4N2O3/c1-11(2)7-15(17(26)27)24-9-12(3-5-23-6-4-13(19)10-23)14(8-16(24)25)18(20,21)22/h8-9,11,13,15H,3-7,10H2,1-2H3,(H,26,27)/t13-,15?/m0/s1. The molecular formula is C18H24F4N2O3. The number of hydrogen-bond acceptors (Lipinski definition) is 3.